The molecule has 3 aliphatic heterocycles. The topological polar surface area (TPSA) is 43.0 Å². The molecule has 0 aliphatic carbocycles. The first-order valence-electron chi connectivity index (χ1n) is 12.1. The van der Waals surface area contributed by atoms with E-state index in [0.717, 1.165) is 42.3 Å². The first-order valence-corrected chi connectivity index (χ1v) is 12.1. The minimum atomic E-state index is 0. The molecule has 3 aromatic carbocycles. The number of piperidine rings is 1. The third-order valence-electron chi connectivity index (χ3n) is 7.07. The van der Waals surface area contributed by atoms with Gasteiger partial charge in [-0.2, -0.15) is 0 Å². The quantitative estimate of drug-likeness (QED) is 0.486. The summed E-state index contributed by atoms with van der Waals surface area (Å²) < 4.78 is 17.4. The molecular formula is C28H31ClN2O3. The number of benzene rings is 3. The average molecular weight is 479 g/mol. The van der Waals surface area contributed by atoms with Gasteiger partial charge in [0.15, 0.2) is 11.5 Å². The van der Waals surface area contributed by atoms with E-state index < -0.39 is 0 Å². The number of hydrogen-bond donors (Lipinski definition) is 1. The standard InChI is InChI=1S/C28H30N2O3.ClH/c1-2-9-23-21(7-1)18-31-26-11-4-3-10-25(26)30(23)24(22-8-5-6-16-29-22)14-12-20-13-15-27-28(17-20)33-19-32-27;/h1-4,7,9-11,13,15,17,22,24,29H,5-6,8,12,14,16,18-19H2;1H/t22?,24-;/m1./s1. The second-order valence-electron chi connectivity index (χ2n) is 9.11. The van der Waals surface area contributed by atoms with E-state index >= 15 is 0 Å². The van der Waals surface area contributed by atoms with Crippen LogP contribution in [0.15, 0.2) is 66.7 Å². The number of rotatable bonds is 5. The van der Waals surface area contributed by atoms with E-state index in [1.54, 1.807) is 0 Å². The predicted octanol–water partition coefficient (Wildman–Crippen LogP) is 6.01. The van der Waals surface area contributed by atoms with Gasteiger partial charge in [0.2, 0.25) is 6.79 Å². The smallest absolute Gasteiger partial charge is 0.231 e. The molecule has 1 fully saturated rings. The highest BCUT2D eigenvalue weighted by Crippen LogP contribution is 2.43. The highest BCUT2D eigenvalue weighted by Gasteiger charge is 2.33. The fourth-order valence-corrected chi connectivity index (χ4v) is 5.42. The molecule has 178 valence electrons. The van der Waals surface area contributed by atoms with Crippen molar-refractivity contribution in [2.75, 3.05) is 18.2 Å². The normalized spacial score (nSPS) is 19.2. The van der Waals surface area contributed by atoms with Crippen molar-refractivity contribution in [3.05, 3.63) is 77.9 Å². The van der Waals surface area contributed by atoms with Crippen LogP contribution in [0.3, 0.4) is 0 Å². The molecule has 3 heterocycles. The van der Waals surface area contributed by atoms with Crippen LogP contribution in [0.2, 0.25) is 0 Å². The molecule has 0 saturated carbocycles. The van der Waals surface area contributed by atoms with E-state index in [9.17, 15) is 0 Å². The lowest BCUT2D eigenvalue weighted by molar-refractivity contribution is 0.174. The lowest BCUT2D eigenvalue weighted by Crippen LogP contribution is -2.51. The van der Waals surface area contributed by atoms with Crippen molar-refractivity contribution in [3.63, 3.8) is 0 Å². The van der Waals surface area contributed by atoms with E-state index in [-0.39, 0.29) is 12.4 Å². The third-order valence-corrected chi connectivity index (χ3v) is 7.07. The second kappa shape index (κ2) is 10.2. The Kier molecular flexibility index (Phi) is 6.84. The third kappa shape index (κ3) is 4.42. The molecule has 34 heavy (non-hydrogen) atoms. The summed E-state index contributed by atoms with van der Waals surface area (Å²) in [7, 11) is 0. The minimum absolute atomic E-state index is 0. The number of hydrogen-bond acceptors (Lipinski definition) is 5. The number of anilines is 2. The Bertz CT molecular complexity index is 1080. The Morgan fingerprint density at radius 2 is 1.68 bits per heavy atom. The van der Waals surface area contributed by atoms with Crippen LogP contribution < -0.4 is 24.4 Å². The molecule has 0 radical (unpaired) electrons. The van der Waals surface area contributed by atoms with E-state index in [1.165, 1.54) is 36.1 Å². The zero-order valence-corrected chi connectivity index (χ0v) is 20.1. The lowest BCUT2D eigenvalue weighted by Gasteiger charge is -2.41. The minimum Gasteiger partial charge on any atom is -0.487 e. The number of halogens is 1. The molecular weight excluding hydrogens is 448 g/mol. The molecule has 0 amide bonds. The van der Waals surface area contributed by atoms with Crippen molar-refractivity contribution in [2.24, 2.45) is 0 Å². The molecule has 0 spiro atoms. The summed E-state index contributed by atoms with van der Waals surface area (Å²) in [5.74, 6) is 2.66. The van der Waals surface area contributed by atoms with Crippen LogP contribution in [0.25, 0.3) is 0 Å². The summed E-state index contributed by atoms with van der Waals surface area (Å²) in [5.41, 5.74) is 4.93. The SMILES string of the molecule is Cl.c1ccc2c(c1)COc1ccccc1N2[C@H](CCc1ccc2c(c1)OCO2)C1CCCCN1. The molecule has 0 bridgehead atoms. The van der Waals surface area contributed by atoms with Gasteiger partial charge in [0.05, 0.1) is 5.69 Å². The Morgan fingerprint density at radius 3 is 2.56 bits per heavy atom. The van der Waals surface area contributed by atoms with Crippen LogP contribution in [-0.2, 0) is 13.0 Å². The zero-order valence-electron chi connectivity index (χ0n) is 19.2. The van der Waals surface area contributed by atoms with Gasteiger partial charge in [-0.1, -0.05) is 42.8 Å². The molecule has 0 aromatic heterocycles. The molecule has 6 rings (SSSR count). The van der Waals surface area contributed by atoms with E-state index in [1.807, 2.05) is 6.07 Å². The fraction of sp³-hybridized carbons (Fsp3) is 0.357. The number of fused-ring (bicyclic) bond motifs is 3. The maximum absolute atomic E-state index is 6.26. The van der Waals surface area contributed by atoms with Gasteiger partial charge < -0.3 is 24.4 Å². The first kappa shape index (κ1) is 22.9. The van der Waals surface area contributed by atoms with Gasteiger partial charge in [-0.15, -0.1) is 12.4 Å². The number of nitrogens with zero attached hydrogens (tertiary/aromatic N) is 1. The van der Waals surface area contributed by atoms with Crippen molar-refractivity contribution < 1.29 is 14.2 Å². The predicted molar refractivity (Wildman–Crippen MR) is 137 cm³/mol. The van der Waals surface area contributed by atoms with Crippen molar-refractivity contribution in [1.29, 1.82) is 0 Å². The number of ether oxygens (including phenoxy) is 3. The monoisotopic (exact) mass is 478 g/mol. The van der Waals surface area contributed by atoms with E-state index in [0.29, 0.717) is 25.5 Å². The molecule has 3 aliphatic rings. The van der Waals surface area contributed by atoms with Crippen LogP contribution in [-0.4, -0.2) is 25.4 Å². The van der Waals surface area contributed by atoms with E-state index in [4.69, 9.17) is 14.2 Å². The van der Waals surface area contributed by atoms with Gasteiger partial charge >= 0.3 is 0 Å². The van der Waals surface area contributed by atoms with Gasteiger partial charge in [-0.05, 0) is 68.1 Å². The van der Waals surface area contributed by atoms with Crippen molar-refractivity contribution in [1.82, 2.24) is 5.32 Å². The highest BCUT2D eigenvalue weighted by molar-refractivity contribution is 5.85. The summed E-state index contributed by atoms with van der Waals surface area (Å²) in [6.07, 6.45) is 5.71. The molecule has 2 atom stereocenters. The fourth-order valence-electron chi connectivity index (χ4n) is 5.42. The molecule has 1 saturated heterocycles. The molecule has 6 heteroatoms. The maximum atomic E-state index is 6.26. The van der Waals surface area contributed by atoms with Crippen LogP contribution in [0.1, 0.15) is 36.8 Å². The van der Waals surface area contributed by atoms with Crippen molar-refractivity contribution in [3.8, 4) is 17.2 Å². The Balaban J connectivity index is 0.00000241. The zero-order chi connectivity index (χ0) is 22.0. The Labute approximate surface area is 207 Å². The molecule has 5 nitrogen and oxygen atoms in total. The maximum Gasteiger partial charge on any atom is 0.231 e. The van der Waals surface area contributed by atoms with E-state index in [2.05, 4.69) is 70.9 Å². The number of nitrogens with one attached hydrogen (secondary N) is 1. The molecule has 3 aromatic rings. The van der Waals surface area contributed by atoms with Gasteiger partial charge in [0, 0.05) is 23.3 Å². The van der Waals surface area contributed by atoms with Crippen LogP contribution in [0.5, 0.6) is 17.2 Å². The number of para-hydroxylation sites is 3. The Hall–Kier alpha value is -2.89. The van der Waals surface area contributed by atoms with Gasteiger partial charge in [-0.25, -0.2) is 0 Å². The van der Waals surface area contributed by atoms with Crippen molar-refractivity contribution >= 4 is 23.8 Å². The summed E-state index contributed by atoms with van der Waals surface area (Å²) in [6.45, 7) is 1.99. The largest absolute Gasteiger partial charge is 0.487 e. The summed E-state index contributed by atoms with van der Waals surface area (Å²) in [6, 6.07) is 24.2. The average Bonchev–Trinajstić information content (AvgIpc) is 3.28. The first-order chi connectivity index (χ1) is 16.4. The molecule has 1 N–H and O–H groups in total. The summed E-state index contributed by atoms with van der Waals surface area (Å²) in [4.78, 5) is 2.55. The molecule has 1 unspecified atom stereocenters. The van der Waals surface area contributed by atoms with Crippen molar-refractivity contribution in [2.45, 2.75) is 50.8 Å². The lowest BCUT2D eigenvalue weighted by atomic mass is 9.90. The summed E-state index contributed by atoms with van der Waals surface area (Å²) >= 11 is 0. The van der Waals surface area contributed by atoms with Crippen LogP contribution >= 0.6 is 12.4 Å². The highest BCUT2D eigenvalue weighted by atomic mass is 35.5. The summed E-state index contributed by atoms with van der Waals surface area (Å²) in [5, 5.41) is 3.85. The van der Waals surface area contributed by atoms with Crippen LogP contribution in [0, 0.1) is 0 Å². The Morgan fingerprint density at radius 1 is 0.853 bits per heavy atom. The van der Waals surface area contributed by atoms with Gasteiger partial charge in [-0.3, -0.25) is 0 Å². The van der Waals surface area contributed by atoms with Gasteiger partial charge in [0.25, 0.3) is 0 Å². The van der Waals surface area contributed by atoms with Gasteiger partial charge in [0.1, 0.15) is 12.4 Å². The number of aryl methyl sites for hydroxylation is 1. The van der Waals surface area contributed by atoms with Crippen LogP contribution in [0.4, 0.5) is 11.4 Å². The second-order valence-corrected chi connectivity index (χ2v) is 9.11.